The molecule has 8 nitrogen and oxygen atoms in total. The van der Waals surface area contributed by atoms with E-state index in [1.165, 1.54) is 3.97 Å². The molecule has 2 aliphatic rings. The van der Waals surface area contributed by atoms with Gasteiger partial charge in [0.05, 0.1) is 28.8 Å². The first-order chi connectivity index (χ1) is 18.5. The molecule has 6 rings (SSSR count). The highest BCUT2D eigenvalue weighted by Gasteiger charge is 2.42. The van der Waals surface area contributed by atoms with E-state index in [0.29, 0.717) is 30.8 Å². The van der Waals surface area contributed by atoms with E-state index in [-0.39, 0.29) is 11.5 Å². The molecule has 0 fully saturated rings. The molecule has 0 radical (unpaired) electrons. The van der Waals surface area contributed by atoms with Gasteiger partial charge in [0.1, 0.15) is 12.6 Å². The molecule has 1 amide bonds. The van der Waals surface area contributed by atoms with Gasteiger partial charge in [0.15, 0.2) is 0 Å². The average Bonchev–Trinajstić information content (AvgIpc) is 3.16. The van der Waals surface area contributed by atoms with E-state index in [0.717, 1.165) is 16.5 Å². The van der Waals surface area contributed by atoms with E-state index < -0.39 is 28.2 Å². The van der Waals surface area contributed by atoms with Gasteiger partial charge in [0.2, 0.25) is 0 Å². The Balaban J connectivity index is 1.43. The Morgan fingerprint density at radius 2 is 1.68 bits per heavy atom. The Bertz CT molecular complexity index is 1600. The molecule has 1 aromatic heterocycles. The fourth-order valence-electron chi connectivity index (χ4n) is 5.28. The summed E-state index contributed by atoms with van der Waals surface area (Å²) >= 11 is 0. The minimum atomic E-state index is -3.96. The first-order valence-corrected chi connectivity index (χ1v) is 13.9. The van der Waals surface area contributed by atoms with Crippen LogP contribution in [0.4, 0.5) is 4.79 Å². The Kier molecular flexibility index (Phi) is 6.49. The normalized spacial score (nSPS) is 19.4. The Morgan fingerprint density at radius 3 is 2.47 bits per heavy atom. The lowest BCUT2D eigenvalue weighted by Gasteiger charge is -2.38. The molecule has 0 bridgehead atoms. The van der Waals surface area contributed by atoms with Crippen LogP contribution in [0.3, 0.4) is 0 Å². The van der Waals surface area contributed by atoms with Crippen LogP contribution in [0.25, 0.3) is 10.9 Å². The minimum Gasteiger partial charge on any atom is -0.445 e. The summed E-state index contributed by atoms with van der Waals surface area (Å²) in [4.78, 5) is 19.1. The molecule has 9 heteroatoms. The van der Waals surface area contributed by atoms with Crippen molar-refractivity contribution in [3.05, 3.63) is 114 Å². The molecule has 0 spiro atoms. The van der Waals surface area contributed by atoms with Crippen molar-refractivity contribution in [3.63, 3.8) is 0 Å². The minimum absolute atomic E-state index is 0.127. The van der Waals surface area contributed by atoms with Crippen molar-refractivity contribution in [1.29, 1.82) is 0 Å². The topological polar surface area (TPSA) is 89.9 Å². The number of aromatic nitrogens is 1. The number of nitrogens with zero attached hydrogens (tertiary/aromatic N) is 2. The van der Waals surface area contributed by atoms with Gasteiger partial charge in [-0.15, -0.1) is 0 Å². The lowest BCUT2D eigenvalue weighted by Crippen LogP contribution is -2.48. The maximum atomic E-state index is 14.1. The maximum absolute atomic E-state index is 14.1. The molecule has 1 N–H and O–H groups in total. The predicted octanol–water partition coefficient (Wildman–Crippen LogP) is 4.57. The van der Waals surface area contributed by atoms with Gasteiger partial charge in [-0.3, -0.25) is 4.84 Å². The van der Waals surface area contributed by atoms with Gasteiger partial charge >= 0.3 is 6.09 Å². The van der Waals surface area contributed by atoms with E-state index in [4.69, 9.17) is 9.57 Å². The standard InChI is InChI=1S/C29H27N3O5S/c33-29(36-20-21-10-3-1-4-11-21)30-25-15-9-19-37-31-18-17-24-23-14-7-8-16-26(23)32(27(24)28(25)31)38(34,35)22-12-5-2-6-13-22/h1-16,25,28H,17-20H2,(H,30,33)/t25-,28-/m0/s1. The van der Waals surface area contributed by atoms with Gasteiger partial charge in [-0.05, 0) is 35.7 Å². The van der Waals surface area contributed by atoms with E-state index in [1.807, 2.05) is 66.7 Å². The lowest BCUT2D eigenvalue weighted by atomic mass is 9.94. The fourth-order valence-corrected chi connectivity index (χ4v) is 6.89. The molecular weight excluding hydrogens is 502 g/mol. The Morgan fingerprint density at radius 1 is 0.974 bits per heavy atom. The van der Waals surface area contributed by atoms with Crippen LogP contribution in [0.5, 0.6) is 0 Å². The van der Waals surface area contributed by atoms with Crippen LogP contribution in [0, 0.1) is 0 Å². The molecule has 3 aromatic carbocycles. The molecular formula is C29H27N3O5S. The van der Waals surface area contributed by atoms with Crippen molar-refractivity contribution in [2.45, 2.75) is 30.0 Å². The molecule has 38 heavy (non-hydrogen) atoms. The largest absolute Gasteiger partial charge is 0.445 e. The number of benzene rings is 3. The van der Waals surface area contributed by atoms with Crippen LogP contribution >= 0.6 is 0 Å². The lowest BCUT2D eigenvalue weighted by molar-refractivity contribution is -0.183. The molecule has 2 aliphatic heterocycles. The zero-order valence-electron chi connectivity index (χ0n) is 20.6. The molecule has 194 valence electrons. The number of hydrogen-bond acceptors (Lipinski definition) is 6. The third-order valence-electron chi connectivity index (χ3n) is 6.95. The van der Waals surface area contributed by atoms with Crippen LogP contribution in [0.1, 0.15) is 22.9 Å². The summed E-state index contributed by atoms with van der Waals surface area (Å²) in [6, 6.07) is 24.2. The summed E-state index contributed by atoms with van der Waals surface area (Å²) in [6.45, 7) is 0.993. The van der Waals surface area contributed by atoms with Gasteiger partial charge in [0, 0.05) is 11.9 Å². The smallest absolute Gasteiger partial charge is 0.408 e. The highest BCUT2D eigenvalue weighted by molar-refractivity contribution is 7.90. The molecule has 3 heterocycles. The van der Waals surface area contributed by atoms with Crippen molar-refractivity contribution in [1.82, 2.24) is 14.4 Å². The monoisotopic (exact) mass is 529 g/mol. The van der Waals surface area contributed by atoms with Crippen molar-refractivity contribution in [2.24, 2.45) is 0 Å². The SMILES string of the molecule is O=C(N[C@H]1C=CCON2CCc3c(n(S(=O)(=O)c4ccccc4)c4ccccc34)[C@H]12)OCc1ccccc1. The van der Waals surface area contributed by atoms with E-state index >= 15 is 0 Å². The van der Waals surface area contributed by atoms with Crippen molar-refractivity contribution >= 4 is 27.0 Å². The molecule has 4 aromatic rings. The second kappa shape index (κ2) is 10.1. The molecule has 2 atom stereocenters. The van der Waals surface area contributed by atoms with Crippen molar-refractivity contribution in [2.75, 3.05) is 13.2 Å². The number of carbonyl (C=O) groups is 1. The highest BCUT2D eigenvalue weighted by atomic mass is 32.2. The second-order valence-corrected chi connectivity index (χ2v) is 11.0. The van der Waals surface area contributed by atoms with Crippen LogP contribution in [-0.4, -0.2) is 42.7 Å². The van der Waals surface area contributed by atoms with Gasteiger partial charge in [0.25, 0.3) is 10.0 Å². The number of carbonyl (C=O) groups excluding carboxylic acids is 1. The fraction of sp³-hybridized carbons (Fsp3) is 0.207. The number of rotatable bonds is 5. The average molecular weight is 530 g/mol. The summed E-state index contributed by atoms with van der Waals surface area (Å²) in [6.07, 6.45) is 3.69. The summed E-state index contributed by atoms with van der Waals surface area (Å²) < 4.78 is 35.1. The van der Waals surface area contributed by atoms with Gasteiger partial charge in [-0.2, -0.15) is 5.06 Å². The first-order valence-electron chi connectivity index (χ1n) is 12.5. The first kappa shape index (κ1) is 24.4. The van der Waals surface area contributed by atoms with Crippen LogP contribution in [0.2, 0.25) is 0 Å². The third-order valence-corrected chi connectivity index (χ3v) is 8.69. The molecule has 0 saturated carbocycles. The van der Waals surface area contributed by atoms with Crippen LogP contribution in [0.15, 0.2) is 102 Å². The molecule has 0 unspecified atom stereocenters. The van der Waals surface area contributed by atoms with Gasteiger partial charge in [-0.25, -0.2) is 17.2 Å². The van der Waals surface area contributed by atoms with E-state index in [9.17, 15) is 13.2 Å². The van der Waals surface area contributed by atoms with Crippen LogP contribution < -0.4 is 5.32 Å². The number of alkyl carbamates (subject to hydrolysis) is 1. The Hall–Kier alpha value is -3.92. The van der Waals surface area contributed by atoms with Crippen molar-refractivity contribution in [3.8, 4) is 0 Å². The van der Waals surface area contributed by atoms with Crippen molar-refractivity contribution < 1.29 is 22.8 Å². The second-order valence-electron chi connectivity index (χ2n) is 9.25. The quantitative estimate of drug-likeness (QED) is 0.381. The van der Waals surface area contributed by atoms with Gasteiger partial charge < -0.3 is 10.1 Å². The number of nitrogens with one attached hydrogen (secondary N) is 1. The van der Waals surface area contributed by atoms with Gasteiger partial charge in [-0.1, -0.05) is 78.9 Å². The summed E-state index contributed by atoms with van der Waals surface area (Å²) in [5.41, 5.74) is 2.99. The number of amides is 1. The number of hydrogen-bond donors (Lipinski definition) is 1. The zero-order chi connectivity index (χ0) is 26.1. The number of ether oxygens (including phenoxy) is 1. The number of para-hydroxylation sites is 1. The van der Waals surface area contributed by atoms with E-state index in [1.54, 1.807) is 35.4 Å². The summed E-state index contributed by atoms with van der Waals surface area (Å²) in [7, 11) is -3.96. The van der Waals surface area contributed by atoms with Crippen LogP contribution in [-0.2, 0) is 32.6 Å². The third kappa shape index (κ3) is 4.38. The predicted molar refractivity (Wildman–Crippen MR) is 143 cm³/mol. The summed E-state index contributed by atoms with van der Waals surface area (Å²) in [5, 5.41) is 5.61. The Labute approximate surface area is 221 Å². The number of hydroxylamine groups is 2. The molecule has 0 saturated heterocycles. The number of fused-ring (bicyclic) bond motifs is 5. The molecule has 0 aliphatic carbocycles. The van der Waals surface area contributed by atoms with E-state index in [2.05, 4.69) is 5.32 Å². The zero-order valence-corrected chi connectivity index (χ0v) is 21.4. The maximum Gasteiger partial charge on any atom is 0.408 e. The highest BCUT2D eigenvalue weighted by Crippen LogP contribution is 2.41. The summed E-state index contributed by atoms with van der Waals surface area (Å²) in [5.74, 6) is 0.